The Morgan fingerprint density at radius 2 is 1.82 bits per heavy atom. The lowest BCUT2D eigenvalue weighted by molar-refractivity contribution is 0.791. The van der Waals surface area contributed by atoms with Crippen molar-refractivity contribution in [2.24, 2.45) is 0 Å². The van der Waals surface area contributed by atoms with Gasteiger partial charge in [-0.3, -0.25) is 0 Å². The SMILES string of the molecule is CSCCCC(C)SC(C)C. The van der Waals surface area contributed by atoms with Crippen LogP contribution in [0.15, 0.2) is 0 Å². The van der Waals surface area contributed by atoms with Crippen molar-refractivity contribution in [3.8, 4) is 0 Å². The van der Waals surface area contributed by atoms with Crippen LogP contribution in [0.2, 0.25) is 0 Å². The molecule has 0 nitrogen and oxygen atoms in total. The van der Waals surface area contributed by atoms with Crippen LogP contribution in [0.5, 0.6) is 0 Å². The van der Waals surface area contributed by atoms with E-state index in [4.69, 9.17) is 0 Å². The summed E-state index contributed by atoms with van der Waals surface area (Å²) >= 11 is 4.05. The Morgan fingerprint density at radius 1 is 1.18 bits per heavy atom. The molecule has 0 N–H and O–H groups in total. The predicted octanol–water partition coefficient (Wildman–Crippen LogP) is 3.66. The average molecular weight is 192 g/mol. The monoisotopic (exact) mass is 192 g/mol. The fourth-order valence-electron chi connectivity index (χ4n) is 1.05. The lowest BCUT2D eigenvalue weighted by Gasteiger charge is -2.12. The van der Waals surface area contributed by atoms with Gasteiger partial charge in [0.25, 0.3) is 0 Å². The third kappa shape index (κ3) is 8.61. The Hall–Kier alpha value is 0.700. The van der Waals surface area contributed by atoms with E-state index in [1.54, 1.807) is 0 Å². The second kappa shape index (κ2) is 7.35. The molecule has 0 aromatic heterocycles. The highest BCUT2D eigenvalue weighted by molar-refractivity contribution is 8.00. The van der Waals surface area contributed by atoms with Gasteiger partial charge in [-0.15, -0.1) is 0 Å². The van der Waals surface area contributed by atoms with Crippen LogP contribution < -0.4 is 0 Å². The minimum Gasteiger partial charge on any atom is -0.165 e. The molecule has 1 unspecified atom stereocenters. The first-order valence-corrected chi connectivity index (χ1v) is 6.65. The van der Waals surface area contributed by atoms with E-state index in [2.05, 4.69) is 38.8 Å². The van der Waals surface area contributed by atoms with Gasteiger partial charge in [0.05, 0.1) is 0 Å². The Balaban J connectivity index is 3.15. The van der Waals surface area contributed by atoms with Gasteiger partial charge < -0.3 is 0 Å². The molecule has 0 spiro atoms. The Kier molecular flexibility index (Phi) is 7.82. The van der Waals surface area contributed by atoms with Crippen molar-refractivity contribution >= 4 is 23.5 Å². The molecule has 1 atom stereocenters. The Labute approximate surface area is 79.9 Å². The van der Waals surface area contributed by atoms with E-state index in [9.17, 15) is 0 Å². The van der Waals surface area contributed by atoms with E-state index in [1.165, 1.54) is 18.6 Å². The number of thioether (sulfide) groups is 2. The van der Waals surface area contributed by atoms with Gasteiger partial charge in [0.15, 0.2) is 0 Å². The van der Waals surface area contributed by atoms with Crippen molar-refractivity contribution in [3.63, 3.8) is 0 Å². The van der Waals surface area contributed by atoms with Gasteiger partial charge in [-0.1, -0.05) is 20.8 Å². The summed E-state index contributed by atoms with van der Waals surface area (Å²) in [6.07, 6.45) is 4.94. The van der Waals surface area contributed by atoms with Crippen LogP contribution >= 0.6 is 23.5 Å². The van der Waals surface area contributed by atoms with E-state index in [1.807, 2.05) is 11.8 Å². The normalized spacial score (nSPS) is 13.9. The summed E-state index contributed by atoms with van der Waals surface area (Å²) in [4.78, 5) is 0. The van der Waals surface area contributed by atoms with E-state index < -0.39 is 0 Å². The Bertz CT molecular complexity index is 81.6. The van der Waals surface area contributed by atoms with Crippen molar-refractivity contribution in [3.05, 3.63) is 0 Å². The molecule has 0 aliphatic rings. The van der Waals surface area contributed by atoms with Gasteiger partial charge in [0, 0.05) is 5.25 Å². The molecule has 11 heavy (non-hydrogen) atoms. The van der Waals surface area contributed by atoms with Gasteiger partial charge in [-0.25, -0.2) is 0 Å². The van der Waals surface area contributed by atoms with E-state index in [0.717, 1.165) is 10.5 Å². The molecule has 0 saturated carbocycles. The maximum absolute atomic E-state index is 2.34. The van der Waals surface area contributed by atoms with Crippen molar-refractivity contribution < 1.29 is 0 Å². The van der Waals surface area contributed by atoms with E-state index >= 15 is 0 Å². The smallest absolute Gasteiger partial charge is 0.00215 e. The summed E-state index contributed by atoms with van der Waals surface area (Å²) in [7, 11) is 0. The second-order valence-electron chi connectivity index (χ2n) is 3.13. The van der Waals surface area contributed by atoms with Crippen molar-refractivity contribution in [2.75, 3.05) is 12.0 Å². The number of hydrogen-bond donors (Lipinski definition) is 0. The highest BCUT2D eigenvalue weighted by Crippen LogP contribution is 2.21. The molecule has 0 aliphatic heterocycles. The van der Waals surface area contributed by atoms with E-state index in [-0.39, 0.29) is 0 Å². The summed E-state index contributed by atoms with van der Waals surface area (Å²) in [5, 5.41) is 1.64. The van der Waals surface area contributed by atoms with Crippen molar-refractivity contribution in [1.29, 1.82) is 0 Å². The van der Waals surface area contributed by atoms with Crippen LogP contribution in [0.4, 0.5) is 0 Å². The molecule has 0 aromatic rings. The molecule has 68 valence electrons. The van der Waals surface area contributed by atoms with Crippen molar-refractivity contribution in [2.45, 2.75) is 44.1 Å². The zero-order chi connectivity index (χ0) is 8.69. The maximum atomic E-state index is 2.34. The fraction of sp³-hybridized carbons (Fsp3) is 1.00. The maximum Gasteiger partial charge on any atom is 0.00215 e. The number of rotatable bonds is 6. The third-order valence-electron chi connectivity index (χ3n) is 1.46. The van der Waals surface area contributed by atoms with Gasteiger partial charge in [0.1, 0.15) is 0 Å². The molecule has 0 amide bonds. The van der Waals surface area contributed by atoms with Crippen LogP contribution in [0, 0.1) is 0 Å². The van der Waals surface area contributed by atoms with Crippen LogP contribution in [0.3, 0.4) is 0 Å². The lowest BCUT2D eigenvalue weighted by atomic mass is 10.3. The molecule has 0 heterocycles. The van der Waals surface area contributed by atoms with Gasteiger partial charge in [-0.2, -0.15) is 23.5 Å². The Morgan fingerprint density at radius 3 is 2.27 bits per heavy atom. The summed E-state index contributed by atoms with van der Waals surface area (Å²) in [6.45, 7) is 6.89. The first kappa shape index (κ1) is 11.7. The largest absolute Gasteiger partial charge is 0.165 e. The summed E-state index contributed by atoms with van der Waals surface area (Å²) < 4.78 is 0. The average Bonchev–Trinajstić information content (AvgIpc) is 1.86. The topological polar surface area (TPSA) is 0 Å². The van der Waals surface area contributed by atoms with Gasteiger partial charge in [0.2, 0.25) is 0 Å². The standard InChI is InChI=1S/C9H20S2/c1-8(2)11-9(3)6-5-7-10-4/h8-9H,5-7H2,1-4H3. The minimum absolute atomic E-state index is 0.791. The highest BCUT2D eigenvalue weighted by atomic mass is 32.2. The summed E-state index contributed by atoms with van der Waals surface area (Å²) in [5.74, 6) is 1.32. The summed E-state index contributed by atoms with van der Waals surface area (Å²) in [6, 6.07) is 0. The van der Waals surface area contributed by atoms with Crippen molar-refractivity contribution in [1.82, 2.24) is 0 Å². The number of hydrogen-bond acceptors (Lipinski definition) is 2. The fourth-order valence-corrected chi connectivity index (χ4v) is 2.74. The molecule has 0 aliphatic carbocycles. The lowest BCUT2D eigenvalue weighted by Crippen LogP contribution is -2.01. The predicted molar refractivity (Wildman–Crippen MR) is 59.8 cm³/mol. The molecular weight excluding hydrogens is 172 g/mol. The quantitative estimate of drug-likeness (QED) is 0.589. The van der Waals surface area contributed by atoms with Crippen LogP contribution in [-0.4, -0.2) is 22.5 Å². The van der Waals surface area contributed by atoms with Crippen LogP contribution in [0.1, 0.15) is 33.6 Å². The molecule has 0 saturated heterocycles. The molecule has 0 rings (SSSR count). The molecule has 0 aromatic carbocycles. The highest BCUT2D eigenvalue weighted by Gasteiger charge is 2.03. The molecule has 2 heteroatoms. The summed E-state index contributed by atoms with van der Waals surface area (Å²) in [5.41, 5.74) is 0. The molecule has 0 radical (unpaired) electrons. The third-order valence-corrected chi connectivity index (χ3v) is 3.41. The van der Waals surface area contributed by atoms with Crippen LogP contribution in [0.25, 0.3) is 0 Å². The molecule has 0 fully saturated rings. The van der Waals surface area contributed by atoms with E-state index in [0.29, 0.717) is 0 Å². The zero-order valence-electron chi connectivity index (χ0n) is 8.09. The first-order chi connectivity index (χ1) is 5.16. The molecular formula is C9H20S2. The minimum atomic E-state index is 0.791. The zero-order valence-corrected chi connectivity index (χ0v) is 9.73. The van der Waals surface area contributed by atoms with Gasteiger partial charge >= 0.3 is 0 Å². The van der Waals surface area contributed by atoms with Crippen LogP contribution in [-0.2, 0) is 0 Å². The first-order valence-electron chi connectivity index (χ1n) is 4.31. The second-order valence-corrected chi connectivity index (χ2v) is 6.14. The molecule has 0 bridgehead atoms. The van der Waals surface area contributed by atoms with Gasteiger partial charge in [-0.05, 0) is 30.1 Å².